The van der Waals surface area contributed by atoms with Crippen LogP contribution in [0.4, 0.5) is 0 Å². The molecule has 21 heavy (non-hydrogen) atoms. The van der Waals surface area contributed by atoms with Gasteiger partial charge in [-0.1, -0.05) is 15.9 Å². The Labute approximate surface area is 132 Å². The van der Waals surface area contributed by atoms with Crippen molar-refractivity contribution in [2.75, 3.05) is 13.7 Å². The zero-order chi connectivity index (χ0) is 16.3. The zero-order valence-electron chi connectivity index (χ0n) is 12.1. The molecule has 0 radical (unpaired) electrons. The van der Waals surface area contributed by atoms with E-state index in [2.05, 4.69) is 15.9 Å². The molecule has 1 aromatic rings. The predicted molar refractivity (Wildman–Crippen MR) is 81.5 cm³/mol. The van der Waals surface area contributed by atoms with Crippen LogP contribution in [-0.4, -0.2) is 33.7 Å². The van der Waals surface area contributed by atoms with Crippen LogP contribution in [-0.2, 0) is 19.5 Å². The highest BCUT2D eigenvalue weighted by Crippen LogP contribution is 2.20. The summed E-state index contributed by atoms with van der Waals surface area (Å²) in [6, 6.07) is 3.97. The van der Waals surface area contributed by atoms with Crippen molar-refractivity contribution < 1.29 is 22.7 Å². The Morgan fingerprint density at radius 3 is 2.48 bits per heavy atom. The number of carbonyl (C=O) groups is 1. The number of benzene rings is 1. The normalized spacial score (nSPS) is 12.2. The van der Waals surface area contributed by atoms with Crippen molar-refractivity contribution in [2.24, 2.45) is 5.14 Å². The number of halogens is 1. The van der Waals surface area contributed by atoms with E-state index in [4.69, 9.17) is 14.6 Å². The molecular weight excluding hydrogens is 362 g/mol. The van der Waals surface area contributed by atoms with Crippen LogP contribution in [0, 0.1) is 0 Å². The molecule has 118 valence electrons. The maximum Gasteiger partial charge on any atom is 0.338 e. The molecule has 0 amide bonds. The molecule has 0 saturated heterocycles. The second kappa shape index (κ2) is 6.87. The first-order valence-electron chi connectivity index (χ1n) is 6.11. The molecule has 0 unspecified atom stereocenters. The minimum absolute atomic E-state index is 0.114. The van der Waals surface area contributed by atoms with Crippen molar-refractivity contribution in [3.8, 4) is 0 Å². The highest BCUT2D eigenvalue weighted by Gasteiger charge is 2.19. The lowest BCUT2D eigenvalue weighted by Crippen LogP contribution is -2.25. The maximum absolute atomic E-state index is 11.9. The van der Waals surface area contributed by atoms with Crippen molar-refractivity contribution in [1.29, 1.82) is 0 Å². The van der Waals surface area contributed by atoms with Gasteiger partial charge in [0.25, 0.3) is 0 Å². The molecule has 0 atom stereocenters. The molecule has 0 aliphatic carbocycles. The monoisotopic (exact) mass is 379 g/mol. The van der Waals surface area contributed by atoms with Gasteiger partial charge in [-0.05, 0) is 32.0 Å². The van der Waals surface area contributed by atoms with Gasteiger partial charge < -0.3 is 9.47 Å². The summed E-state index contributed by atoms with van der Waals surface area (Å²) < 4.78 is 33.4. The second-order valence-electron chi connectivity index (χ2n) is 5.07. The fourth-order valence-electron chi connectivity index (χ4n) is 1.42. The number of sulfonamides is 1. The summed E-state index contributed by atoms with van der Waals surface area (Å²) in [5.74, 6) is -0.617. The van der Waals surface area contributed by atoms with E-state index in [1.54, 1.807) is 7.11 Å². The lowest BCUT2D eigenvalue weighted by molar-refractivity contribution is -0.00564. The molecule has 0 bridgehead atoms. The van der Waals surface area contributed by atoms with Gasteiger partial charge in [-0.3, -0.25) is 0 Å². The van der Waals surface area contributed by atoms with Gasteiger partial charge in [-0.15, -0.1) is 0 Å². The van der Waals surface area contributed by atoms with Gasteiger partial charge in [0, 0.05) is 18.0 Å². The zero-order valence-corrected chi connectivity index (χ0v) is 14.5. The van der Waals surface area contributed by atoms with Crippen LogP contribution >= 0.6 is 15.9 Å². The summed E-state index contributed by atoms with van der Waals surface area (Å²) in [7, 11) is -2.31. The van der Waals surface area contributed by atoms with Gasteiger partial charge in [0.15, 0.2) is 0 Å². The van der Waals surface area contributed by atoms with E-state index in [-0.39, 0.29) is 17.1 Å². The van der Waals surface area contributed by atoms with E-state index < -0.39 is 21.6 Å². The average Bonchev–Trinajstić information content (AvgIpc) is 2.36. The molecule has 1 aromatic carbocycles. The number of methoxy groups -OCH3 is 1. The van der Waals surface area contributed by atoms with Gasteiger partial charge in [0.2, 0.25) is 10.0 Å². The van der Waals surface area contributed by atoms with Gasteiger partial charge in [0.05, 0.1) is 22.7 Å². The molecule has 0 aliphatic heterocycles. The molecule has 6 nitrogen and oxygen atoms in total. The Kier molecular flexibility index (Phi) is 5.92. The number of ether oxygens (including phenoxy) is 2. The minimum Gasteiger partial charge on any atom is -0.462 e. The summed E-state index contributed by atoms with van der Waals surface area (Å²) in [5.41, 5.74) is -0.285. The van der Waals surface area contributed by atoms with Crippen LogP contribution in [0.1, 0.15) is 30.6 Å². The topological polar surface area (TPSA) is 95.7 Å². The second-order valence-corrected chi connectivity index (χ2v) is 7.55. The summed E-state index contributed by atoms with van der Waals surface area (Å²) in [5, 5.41) is 5.05. The molecule has 0 spiro atoms. The quantitative estimate of drug-likeness (QED) is 0.763. The molecule has 8 heteroatoms. The molecule has 0 saturated carbocycles. The highest BCUT2D eigenvalue weighted by atomic mass is 79.9. The number of rotatable bonds is 6. The molecular formula is C13H18BrNO5S. The summed E-state index contributed by atoms with van der Waals surface area (Å²) >= 11 is 3.14. The third kappa shape index (κ3) is 5.74. The Morgan fingerprint density at radius 1 is 1.33 bits per heavy atom. The summed E-state index contributed by atoms with van der Waals surface area (Å²) in [4.78, 5) is 11.8. The number of carbonyl (C=O) groups excluding carboxylic acids is 1. The van der Waals surface area contributed by atoms with E-state index in [0.717, 1.165) is 0 Å². The van der Waals surface area contributed by atoms with Crippen molar-refractivity contribution in [2.45, 2.75) is 30.8 Å². The van der Waals surface area contributed by atoms with Gasteiger partial charge in [0.1, 0.15) is 0 Å². The van der Waals surface area contributed by atoms with Gasteiger partial charge >= 0.3 is 5.97 Å². The first kappa shape index (κ1) is 18.1. The van der Waals surface area contributed by atoms with Crippen LogP contribution in [0.15, 0.2) is 27.6 Å². The lowest BCUT2D eigenvalue weighted by atomic mass is 10.1. The Hall–Kier alpha value is -0.960. The van der Waals surface area contributed by atoms with Crippen LogP contribution in [0.25, 0.3) is 0 Å². The van der Waals surface area contributed by atoms with Crippen LogP contribution in [0.5, 0.6) is 0 Å². The van der Waals surface area contributed by atoms with Gasteiger partial charge in [-0.25, -0.2) is 18.4 Å². The van der Waals surface area contributed by atoms with Gasteiger partial charge in [-0.2, -0.15) is 0 Å². The molecule has 0 aromatic heterocycles. The molecule has 0 aliphatic rings. The fourth-order valence-corrected chi connectivity index (χ4v) is 2.65. The molecule has 0 fully saturated rings. The number of hydrogen-bond donors (Lipinski definition) is 1. The number of nitrogens with two attached hydrogens (primary N) is 1. The van der Waals surface area contributed by atoms with Crippen molar-refractivity contribution >= 4 is 31.9 Å². The van der Waals surface area contributed by atoms with Crippen molar-refractivity contribution in [3.05, 3.63) is 28.2 Å². The highest BCUT2D eigenvalue weighted by molar-refractivity contribution is 9.10. The van der Waals surface area contributed by atoms with E-state index in [9.17, 15) is 13.2 Å². The van der Waals surface area contributed by atoms with Crippen LogP contribution in [0.2, 0.25) is 0 Å². The third-order valence-corrected chi connectivity index (χ3v) is 4.28. The summed E-state index contributed by atoms with van der Waals surface area (Å²) in [6.45, 7) is 3.91. The van der Waals surface area contributed by atoms with Crippen LogP contribution < -0.4 is 5.14 Å². The standard InChI is InChI=1S/C13H18BrNO5S/c1-13(2,19-3)4-5-20-12(16)9-6-10(14)8-11(7-9)21(15,17)18/h6-8H,4-5H2,1-3H3,(H2,15,17,18). The predicted octanol–water partition coefficient (Wildman–Crippen LogP) is 2.07. The smallest absolute Gasteiger partial charge is 0.338 e. The average molecular weight is 380 g/mol. The van der Waals surface area contributed by atoms with E-state index >= 15 is 0 Å². The first-order valence-corrected chi connectivity index (χ1v) is 8.45. The number of esters is 1. The van der Waals surface area contributed by atoms with E-state index in [1.165, 1.54) is 18.2 Å². The molecule has 2 N–H and O–H groups in total. The summed E-state index contributed by atoms with van der Waals surface area (Å²) in [6.07, 6.45) is 0.519. The lowest BCUT2D eigenvalue weighted by Gasteiger charge is -2.22. The molecule has 1 rings (SSSR count). The van der Waals surface area contributed by atoms with Crippen LogP contribution in [0.3, 0.4) is 0 Å². The Balaban J connectivity index is 2.82. The largest absolute Gasteiger partial charge is 0.462 e. The van der Waals surface area contributed by atoms with E-state index in [1.807, 2.05) is 13.8 Å². The molecule has 0 heterocycles. The number of primary sulfonamides is 1. The maximum atomic E-state index is 11.9. The van der Waals surface area contributed by atoms with Crippen molar-refractivity contribution in [3.63, 3.8) is 0 Å². The Morgan fingerprint density at radius 2 is 1.95 bits per heavy atom. The first-order chi connectivity index (χ1) is 9.55. The Bertz CT molecular complexity index is 627. The number of hydrogen-bond acceptors (Lipinski definition) is 5. The third-order valence-electron chi connectivity index (χ3n) is 2.93. The SMILES string of the molecule is COC(C)(C)CCOC(=O)c1cc(Br)cc(S(N)(=O)=O)c1. The van der Waals surface area contributed by atoms with Crippen molar-refractivity contribution in [1.82, 2.24) is 0 Å². The fraction of sp³-hybridized carbons (Fsp3) is 0.462. The van der Waals surface area contributed by atoms with E-state index in [0.29, 0.717) is 10.9 Å². The minimum atomic E-state index is -3.89.